The third kappa shape index (κ3) is 5.63. The van der Waals surface area contributed by atoms with E-state index in [9.17, 15) is 4.79 Å². The lowest BCUT2D eigenvalue weighted by Gasteiger charge is -2.26. The highest BCUT2D eigenvalue weighted by Gasteiger charge is 2.42. The van der Waals surface area contributed by atoms with Crippen LogP contribution < -0.4 is 16.0 Å². The fraction of sp³-hybridized carbons (Fsp3) is 0.500. The Labute approximate surface area is 205 Å². The summed E-state index contributed by atoms with van der Waals surface area (Å²) in [5.74, 6) is 1.27. The topological polar surface area (TPSA) is 82.2 Å². The standard InChI is InChI=1S/C26H34N6OS/c1-17(2)13-28-15-19-12-21(19)24(33)30-22-6-4-3-5-20(22)25-31-23-11-18(14-29-26(23)34-25)16-32-9-7-27-8-10-32/h3-6,11,14,17,19,21,27-28H,7-10,12-13,15-16H2,1-2H3,(H,30,33). The minimum absolute atomic E-state index is 0.0947. The molecule has 2 aliphatic rings. The van der Waals surface area contributed by atoms with Crippen molar-refractivity contribution in [1.29, 1.82) is 0 Å². The van der Waals surface area contributed by atoms with Crippen molar-refractivity contribution < 1.29 is 4.79 Å². The van der Waals surface area contributed by atoms with E-state index < -0.39 is 0 Å². The third-order valence-electron chi connectivity index (χ3n) is 6.55. The molecule has 1 amide bonds. The number of thiazole rings is 1. The summed E-state index contributed by atoms with van der Waals surface area (Å²) in [5.41, 5.74) is 3.90. The number of carbonyl (C=O) groups is 1. The number of nitrogens with zero attached hydrogens (tertiary/aromatic N) is 3. The molecular weight excluding hydrogens is 444 g/mol. The second-order valence-electron chi connectivity index (χ2n) is 9.90. The van der Waals surface area contributed by atoms with Crippen molar-refractivity contribution in [2.24, 2.45) is 17.8 Å². The number of piperazine rings is 1. The second kappa shape index (κ2) is 10.5. The Morgan fingerprint density at radius 1 is 1.26 bits per heavy atom. The fourth-order valence-corrected chi connectivity index (χ4v) is 5.48. The lowest BCUT2D eigenvalue weighted by molar-refractivity contribution is -0.117. The molecule has 0 bridgehead atoms. The van der Waals surface area contributed by atoms with Gasteiger partial charge in [-0.2, -0.15) is 0 Å². The average molecular weight is 479 g/mol. The van der Waals surface area contributed by atoms with E-state index in [1.165, 1.54) is 5.56 Å². The predicted octanol–water partition coefficient (Wildman–Crippen LogP) is 3.58. The molecule has 1 saturated heterocycles. The molecule has 2 fully saturated rings. The first-order valence-corrected chi connectivity index (χ1v) is 13.2. The van der Waals surface area contributed by atoms with Crippen LogP contribution in [0, 0.1) is 17.8 Å². The average Bonchev–Trinajstić information content (AvgIpc) is 3.49. The number of aromatic nitrogens is 2. The summed E-state index contributed by atoms with van der Waals surface area (Å²) in [6.45, 7) is 11.4. The third-order valence-corrected chi connectivity index (χ3v) is 7.57. The summed E-state index contributed by atoms with van der Waals surface area (Å²) in [7, 11) is 0. The molecule has 2 aromatic heterocycles. The van der Waals surface area contributed by atoms with Crippen LogP contribution in [-0.2, 0) is 11.3 Å². The van der Waals surface area contributed by atoms with Gasteiger partial charge in [-0.25, -0.2) is 9.97 Å². The summed E-state index contributed by atoms with van der Waals surface area (Å²) < 4.78 is 0. The molecule has 3 heterocycles. The van der Waals surface area contributed by atoms with Crippen LogP contribution in [0.3, 0.4) is 0 Å². The molecule has 0 spiro atoms. The molecule has 2 unspecified atom stereocenters. The molecule has 7 nitrogen and oxygen atoms in total. The van der Waals surface area contributed by atoms with Crippen LogP contribution in [0.25, 0.3) is 20.9 Å². The van der Waals surface area contributed by atoms with Crippen molar-refractivity contribution in [3.8, 4) is 10.6 Å². The molecular formula is C26H34N6OS. The fourth-order valence-electron chi connectivity index (χ4n) is 4.55. The highest BCUT2D eigenvalue weighted by Crippen LogP contribution is 2.40. The lowest BCUT2D eigenvalue weighted by atomic mass is 10.1. The minimum atomic E-state index is 0.0947. The number of para-hydroxylation sites is 1. The molecule has 0 radical (unpaired) electrons. The zero-order chi connectivity index (χ0) is 23.5. The Bertz CT molecular complexity index is 1140. The number of carbonyl (C=O) groups excluding carboxylic acids is 1. The minimum Gasteiger partial charge on any atom is -0.325 e. The van der Waals surface area contributed by atoms with E-state index in [0.29, 0.717) is 11.8 Å². The van der Waals surface area contributed by atoms with Crippen LogP contribution in [0.15, 0.2) is 36.5 Å². The van der Waals surface area contributed by atoms with Crippen molar-refractivity contribution in [1.82, 2.24) is 25.5 Å². The molecule has 34 heavy (non-hydrogen) atoms. The highest BCUT2D eigenvalue weighted by atomic mass is 32.1. The predicted molar refractivity (Wildman–Crippen MR) is 139 cm³/mol. The molecule has 1 aliphatic carbocycles. The van der Waals surface area contributed by atoms with Gasteiger partial charge < -0.3 is 16.0 Å². The summed E-state index contributed by atoms with van der Waals surface area (Å²) in [5, 5.41) is 10.9. The van der Waals surface area contributed by atoms with Gasteiger partial charge in [0.2, 0.25) is 5.91 Å². The molecule has 1 aliphatic heterocycles. The Balaban J connectivity index is 1.27. The number of hydrogen-bond donors (Lipinski definition) is 3. The van der Waals surface area contributed by atoms with Crippen LogP contribution >= 0.6 is 11.3 Å². The van der Waals surface area contributed by atoms with E-state index in [1.54, 1.807) is 11.3 Å². The smallest absolute Gasteiger partial charge is 0.227 e. The first-order valence-electron chi connectivity index (χ1n) is 12.4. The van der Waals surface area contributed by atoms with E-state index in [2.05, 4.69) is 40.8 Å². The largest absolute Gasteiger partial charge is 0.325 e. The molecule has 3 aromatic rings. The number of hydrogen-bond acceptors (Lipinski definition) is 7. The zero-order valence-corrected chi connectivity index (χ0v) is 20.8. The normalized spacial score (nSPS) is 20.7. The van der Waals surface area contributed by atoms with Gasteiger partial charge in [-0.05, 0) is 55.1 Å². The maximum absolute atomic E-state index is 12.9. The SMILES string of the molecule is CC(C)CNCC1CC1C(=O)Nc1ccccc1-c1nc2cc(CN3CCNCC3)cnc2s1. The quantitative estimate of drug-likeness (QED) is 0.436. The number of anilines is 1. The first kappa shape index (κ1) is 23.4. The number of pyridine rings is 1. The second-order valence-corrected chi connectivity index (χ2v) is 10.9. The summed E-state index contributed by atoms with van der Waals surface area (Å²) in [6, 6.07) is 10.1. The van der Waals surface area contributed by atoms with Crippen LogP contribution in [0.2, 0.25) is 0 Å². The molecule has 8 heteroatoms. The molecule has 3 N–H and O–H groups in total. The first-order chi connectivity index (χ1) is 16.6. The van der Waals surface area contributed by atoms with Crippen LogP contribution in [-0.4, -0.2) is 60.0 Å². The number of fused-ring (bicyclic) bond motifs is 1. The van der Waals surface area contributed by atoms with Crippen molar-refractivity contribution in [3.63, 3.8) is 0 Å². The van der Waals surface area contributed by atoms with Gasteiger partial charge >= 0.3 is 0 Å². The maximum atomic E-state index is 12.9. The summed E-state index contributed by atoms with van der Waals surface area (Å²) >= 11 is 1.58. The van der Waals surface area contributed by atoms with Crippen molar-refractivity contribution in [2.75, 3.05) is 44.6 Å². The van der Waals surface area contributed by atoms with Gasteiger partial charge in [-0.1, -0.05) is 37.3 Å². The molecule has 2 atom stereocenters. The van der Waals surface area contributed by atoms with Crippen LogP contribution in [0.5, 0.6) is 0 Å². The zero-order valence-electron chi connectivity index (χ0n) is 20.0. The molecule has 180 valence electrons. The lowest BCUT2D eigenvalue weighted by Crippen LogP contribution is -2.42. The Kier molecular flexibility index (Phi) is 7.20. The van der Waals surface area contributed by atoms with Crippen LogP contribution in [0.4, 0.5) is 5.69 Å². The van der Waals surface area contributed by atoms with Gasteiger partial charge in [0.1, 0.15) is 15.4 Å². The Hall–Kier alpha value is -2.39. The summed E-state index contributed by atoms with van der Waals surface area (Å²) in [6.07, 6.45) is 2.93. The number of nitrogens with one attached hydrogen (secondary N) is 3. The van der Waals surface area contributed by atoms with E-state index >= 15 is 0 Å². The van der Waals surface area contributed by atoms with Crippen molar-refractivity contribution in [3.05, 3.63) is 42.1 Å². The van der Waals surface area contributed by atoms with Gasteiger partial charge in [0.15, 0.2) is 0 Å². The monoisotopic (exact) mass is 478 g/mol. The number of rotatable bonds is 9. The van der Waals surface area contributed by atoms with Gasteiger partial charge in [-0.3, -0.25) is 9.69 Å². The highest BCUT2D eigenvalue weighted by molar-refractivity contribution is 7.21. The number of amides is 1. The van der Waals surface area contributed by atoms with E-state index in [1.807, 2.05) is 30.5 Å². The van der Waals surface area contributed by atoms with Gasteiger partial charge in [-0.15, -0.1) is 0 Å². The van der Waals surface area contributed by atoms with Crippen molar-refractivity contribution in [2.45, 2.75) is 26.8 Å². The molecule has 1 saturated carbocycles. The van der Waals surface area contributed by atoms with E-state index in [0.717, 1.165) is 78.8 Å². The van der Waals surface area contributed by atoms with Crippen LogP contribution in [0.1, 0.15) is 25.8 Å². The Morgan fingerprint density at radius 3 is 2.91 bits per heavy atom. The Morgan fingerprint density at radius 2 is 2.09 bits per heavy atom. The van der Waals surface area contributed by atoms with Gasteiger partial charge in [0.25, 0.3) is 0 Å². The van der Waals surface area contributed by atoms with E-state index in [4.69, 9.17) is 9.97 Å². The summed E-state index contributed by atoms with van der Waals surface area (Å²) in [4.78, 5) is 25.9. The molecule has 1 aromatic carbocycles. The van der Waals surface area contributed by atoms with Crippen molar-refractivity contribution >= 4 is 33.3 Å². The molecule has 5 rings (SSSR count). The van der Waals surface area contributed by atoms with Gasteiger partial charge in [0.05, 0.1) is 5.69 Å². The van der Waals surface area contributed by atoms with E-state index in [-0.39, 0.29) is 11.8 Å². The van der Waals surface area contributed by atoms with Gasteiger partial charge in [0, 0.05) is 50.4 Å². The maximum Gasteiger partial charge on any atom is 0.227 e. The number of benzene rings is 1.